The fourth-order valence-electron chi connectivity index (χ4n) is 4.05. The average Bonchev–Trinajstić information content (AvgIpc) is 3.28. The first-order valence-corrected chi connectivity index (χ1v) is 8.69. The van der Waals surface area contributed by atoms with Crippen molar-refractivity contribution in [3.8, 4) is 0 Å². The van der Waals surface area contributed by atoms with Crippen molar-refractivity contribution < 1.29 is 4.79 Å². The van der Waals surface area contributed by atoms with Crippen LogP contribution in [0.15, 0.2) is 36.9 Å². The Morgan fingerprint density at radius 1 is 1.33 bits per heavy atom. The van der Waals surface area contributed by atoms with Gasteiger partial charge in [0.2, 0.25) is 5.91 Å². The maximum Gasteiger partial charge on any atom is 0.241 e. The summed E-state index contributed by atoms with van der Waals surface area (Å²) in [6.45, 7) is 4.40. The van der Waals surface area contributed by atoms with Gasteiger partial charge in [-0.15, -0.1) is 0 Å². The van der Waals surface area contributed by atoms with E-state index in [1.807, 2.05) is 21.7 Å². The number of fused-ring (bicyclic) bond motifs is 1. The third kappa shape index (κ3) is 2.82. The zero-order chi connectivity index (χ0) is 16.5. The first-order valence-electron chi connectivity index (χ1n) is 8.69. The molecule has 0 N–H and O–H groups in total. The number of rotatable bonds is 4. The van der Waals surface area contributed by atoms with E-state index >= 15 is 0 Å². The molecule has 3 heterocycles. The summed E-state index contributed by atoms with van der Waals surface area (Å²) in [7, 11) is 0. The number of nitrogens with zero attached hydrogens (tertiary/aromatic N) is 5. The number of anilines is 1. The van der Waals surface area contributed by atoms with Crippen LogP contribution in [0.5, 0.6) is 0 Å². The lowest BCUT2D eigenvalue weighted by molar-refractivity contribution is -0.120. The van der Waals surface area contributed by atoms with Gasteiger partial charge >= 0.3 is 0 Å². The van der Waals surface area contributed by atoms with Gasteiger partial charge in [-0.3, -0.25) is 14.4 Å². The zero-order valence-corrected chi connectivity index (χ0v) is 14.0. The SMILES string of the molecule is C[C@@H]1Cc2ccccc2N1C(=O)CN1CCC[C@H]1Cn1cncn1. The highest BCUT2D eigenvalue weighted by Crippen LogP contribution is 2.32. The fourth-order valence-corrected chi connectivity index (χ4v) is 4.05. The molecule has 0 radical (unpaired) electrons. The largest absolute Gasteiger partial charge is 0.308 e. The molecule has 126 valence electrons. The highest BCUT2D eigenvalue weighted by Gasteiger charge is 2.34. The molecule has 1 saturated heterocycles. The van der Waals surface area contributed by atoms with Gasteiger partial charge in [0.25, 0.3) is 0 Å². The van der Waals surface area contributed by atoms with Crippen LogP contribution in [0.1, 0.15) is 25.3 Å². The van der Waals surface area contributed by atoms with E-state index in [1.165, 1.54) is 5.56 Å². The van der Waals surface area contributed by atoms with Crippen molar-refractivity contribution in [2.75, 3.05) is 18.0 Å². The van der Waals surface area contributed by atoms with E-state index in [4.69, 9.17) is 0 Å². The lowest BCUT2D eigenvalue weighted by Crippen LogP contribution is -2.45. The minimum atomic E-state index is 0.206. The molecule has 0 bridgehead atoms. The minimum absolute atomic E-state index is 0.206. The molecule has 0 saturated carbocycles. The Kier molecular flexibility index (Phi) is 4.06. The van der Waals surface area contributed by atoms with Gasteiger partial charge in [0.15, 0.2) is 0 Å². The Labute approximate surface area is 142 Å². The molecular formula is C18H23N5O. The van der Waals surface area contributed by atoms with Crippen LogP contribution in [0.25, 0.3) is 0 Å². The van der Waals surface area contributed by atoms with Crippen molar-refractivity contribution in [1.29, 1.82) is 0 Å². The molecule has 2 aliphatic rings. The monoisotopic (exact) mass is 325 g/mol. The number of para-hydroxylation sites is 1. The summed E-state index contributed by atoms with van der Waals surface area (Å²) in [5, 5.41) is 4.20. The third-order valence-electron chi connectivity index (χ3n) is 5.18. The van der Waals surface area contributed by atoms with E-state index in [2.05, 4.69) is 34.0 Å². The molecular weight excluding hydrogens is 302 g/mol. The zero-order valence-electron chi connectivity index (χ0n) is 14.0. The van der Waals surface area contributed by atoms with Crippen molar-refractivity contribution in [2.24, 2.45) is 0 Å². The van der Waals surface area contributed by atoms with Crippen LogP contribution in [0, 0.1) is 0 Å². The number of carbonyl (C=O) groups is 1. The summed E-state index contributed by atoms with van der Waals surface area (Å²) < 4.78 is 1.86. The van der Waals surface area contributed by atoms with Crippen LogP contribution >= 0.6 is 0 Å². The summed E-state index contributed by atoms with van der Waals surface area (Å²) in [4.78, 5) is 21.3. The quantitative estimate of drug-likeness (QED) is 0.859. The van der Waals surface area contributed by atoms with Gasteiger partial charge < -0.3 is 4.90 Å². The van der Waals surface area contributed by atoms with Gasteiger partial charge in [-0.1, -0.05) is 18.2 Å². The summed E-state index contributed by atoms with van der Waals surface area (Å²) >= 11 is 0. The summed E-state index contributed by atoms with van der Waals surface area (Å²) in [6.07, 6.45) is 6.51. The maximum atomic E-state index is 13.0. The average molecular weight is 325 g/mol. The van der Waals surface area contributed by atoms with Gasteiger partial charge in [-0.2, -0.15) is 5.10 Å². The van der Waals surface area contributed by atoms with Crippen LogP contribution in [0.4, 0.5) is 5.69 Å². The van der Waals surface area contributed by atoms with Gasteiger partial charge in [0.1, 0.15) is 12.7 Å². The lowest BCUT2D eigenvalue weighted by atomic mass is 10.1. The number of benzene rings is 1. The van der Waals surface area contributed by atoms with Crippen molar-refractivity contribution in [1.82, 2.24) is 19.7 Å². The molecule has 1 fully saturated rings. The minimum Gasteiger partial charge on any atom is -0.308 e. The number of carbonyl (C=O) groups excluding carboxylic acids is 1. The summed E-state index contributed by atoms with van der Waals surface area (Å²) in [6, 6.07) is 8.86. The van der Waals surface area contributed by atoms with E-state index in [0.29, 0.717) is 12.6 Å². The Morgan fingerprint density at radius 2 is 2.21 bits per heavy atom. The molecule has 24 heavy (non-hydrogen) atoms. The topological polar surface area (TPSA) is 54.3 Å². The molecule has 6 heteroatoms. The Balaban J connectivity index is 1.45. The van der Waals surface area contributed by atoms with E-state index in [-0.39, 0.29) is 11.9 Å². The Morgan fingerprint density at radius 3 is 3.04 bits per heavy atom. The highest BCUT2D eigenvalue weighted by atomic mass is 16.2. The van der Waals surface area contributed by atoms with Crippen LogP contribution in [0.2, 0.25) is 0 Å². The molecule has 2 atom stereocenters. The van der Waals surface area contributed by atoms with Gasteiger partial charge in [-0.25, -0.2) is 4.98 Å². The fraction of sp³-hybridized carbons (Fsp3) is 0.500. The second-order valence-corrected chi connectivity index (χ2v) is 6.83. The van der Waals surface area contributed by atoms with E-state index < -0.39 is 0 Å². The molecule has 1 aromatic carbocycles. The molecule has 2 aromatic rings. The molecule has 0 spiro atoms. The molecule has 2 aliphatic heterocycles. The van der Waals surface area contributed by atoms with Gasteiger partial charge in [0, 0.05) is 17.8 Å². The summed E-state index contributed by atoms with van der Waals surface area (Å²) in [5.41, 5.74) is 2.36. The predicted molar refractivity (Wildman–Crippen MR) is 91.7 cm³/mol. The molecule has 1 amide bonds. The van der Waals surface area contributed by atoms with Crippen LogP contribution < -0.4 is 4.90 Å². The molecule has 0 unspecified atom stereocenters. The van der Waals surface area contributed by atoms with Crippen LogP contribution in [-0.2, 0) is 17.8 Å². The standard InChI is InChI=1S/C18H23N5O/c1-14-9-15-5-2-3-7-17(15)23(14)18(24)11-21-8-4-6-16(21)10-22-13-19-12-20-22/h2-3,5,7,12-14,16H,4,6,8-11H2,1H3/t14-,16+/m1/s1. The van der Waals surface area contributed by atoms with Gasteiger partial charge in [0.05, 0.1) is 13.1 Å². The second kappa shape index (κ2) is 6.36. The number of hydrogen-bond donors (Lipinski definition) is 0. The van der Waals surface area contributed by atoms with Crippen molar-refractivity contribution in [3.63, 3.8) is 0 Å². The van der Waals surface area contributed by atoms with E-state index in [1.54, 1.807) is 12.7 Å². The molecule has 1 aromatic heterocycles. The predicted octanol–water partition coefficient (Wildman–Crippen LogP) is 1.72. The van der Waals surface area contributed by atoms with E-state index in [9.17, 15) is 4.79 Å². The molecule has 6 nitrogen and oxygen atoms in total. The first-order chi connectivity index (χ1) is 11.7. The van der Waals surface area contributed by atoms with Crippen molar-refractivity contribution in [3.05, 3.63) is 42.5 Å². The molecule has 0 aliphatic carbocycles. The van der Waals surface area contributed by atoms with Gasteiger partial charge in [-0.05, 0) is 44.4 Å². The third-order valence-corrected chi connectivity index (χ3v) is 5.18. The first kappa shape index (κ1) is 15.3. The number of amides is 1. The van der Waals surface area contributed by atoms with Crippen LogP contribution in [-0.4, -0.2) is 50.7 Å². The molecule has 4 rings (SSSR count). The van der Waals surface area contributed by atoms with E-state index in [0.717, 1.165) is 38.0 Å². The highest BCUT2D eigenvalue weighted by molar-refractivity contribution is 5.97. The second-order valence-electron chi connectivity index (χ2n) is 6.83. The number of likely N-dealkylation sites (tertiary alicyclic amines) is 1. The van der Waals surface area contributed by atoms with Crippen molar-refractivity contribution >= 4 is 11.6 Å². The Bertz CT molecular complexity index is 714. The van der Waals surface area contributed by atoms with Crippen molar-refractivity contribution in [2.45, 2.75) is 44.8 Å². The number of aromatic nitrogens is 3. The Hall–Kier alpha value is -2.21. The number of hydrogen-bond acceptors (Lipinski definition) is 4. The normalized spacial score (nSPS) is 23.6. The summed E-state index contributed by atoms with van der Waals surface area (Å²) in [5.74, 6) is 0.206. The smallest absolute Gasteiger partial charge is 0.241 e. The maximum absolute atomic E-state index is 13.0. The lowest BCUT2D eigenvalue weighted by Gasteiger charge is -2.28. The van der Waals surface area contributed by atoms with Crippen LogP contribution in [0.3, 0.4) is 0 Å².